The Labute approximate surface area is 212 Å². The first-order chi connectivity index (χ1) is 16.7. The highest BCUT2D eigenvalue weighted by Gasteiger charge is 2.19. The van der Waals surface area contributed by atoms with E-state index in [2.05, 4.69) is 33.1 Å². The van der Waals surface area contributed by atoms with E-state index in [1.807, 2.05) is 24.3 Å². The van der Waals surface area contributed by atoms with Crippen LogP contribution in [-0.2, 0) is 9.84 Å². The van der Waals surface area contributed by atoms with E-state index in [0.717, 1.165) is 5.56 Å². The summed E-state index contributed by atoms with van der Waals surface area (Å²) in [6.07, 6.45) is 0. The molecule has 0 aromatic heterocycles. The molecule has 0 saturated heterocycles. The Bertz CT molecular complexity index is 1380. The minimum absolute atomic E-state index is 0.0859. The van der Waals surface area contributed by atoms with Gasteiger partial charge in [-0.2, -0.15) is 0 Å². The Morgan fingerprint density at radius 2 is 1.83 bits per heavy atom. The number of carbonyl (C=O) groups is 1. The van der Waals surface area contributed by atoms with Gasteiger partial charge >= 0.3 is 0 Å². The maximum atomic E-state index is 12.8. The van der Waals surface area contributed by atoms with Crippen LogP contribution in [0.15, 0.2) is 70.0 Å². The number of benzene rings is 3. The number of hydrogen-bond acceptors (Lipinski definition) is 7. The summed E-state index contributed by atoms with van der Waals surface area (Å²) >= 11 is 3.29. The maximum absolute atomic E-state index is 12.8. The lowest BCUT2D eigenvalue weighted by Crippen LogP contribution is -2.23. The number of halogens is 1. The Balaban J connectivity index is 1.64. The van der Waals surface area contributed by atoms with Gasteiger partial charge in [-0.05, 0) is 67.1 Å². The minimum atomic E-state index is -3.73. The number of hydrogen-bond donors (Lipinski definition) is 3. The number of amides is 1. The fourth-order valence-electron chi connectivity index (χ4n) is 3.17. The molecule has 0 atom stereocenters. The average Bonchev–Trinajstić information content (AvgIpc) is 2.85. The molecule has 1 amide bonds. The predicted octanol–water partition coefficient (Wildman–Crippen LogP) is 4.16. The quantitative estimate of drug-likeness (QED) is 0.216. The maximum Gasteiger partial charge on any atom is 0.276 e. The summed E-state index contributed by atoms with van der Waals surface area (Å²) in [6, 6.07) is 16.5. The second-order valence-corrected chi connectivity index (χ2v) is 10.2. The van der Waals surface area contributed by atoms with Gasteiger partial charge in [0.2, 0.25) is 0 Å². The van der Waals surface area contributed by atoms with Crippen molar-refractivity contribution in [2.45, 2.75) is 11.8 Å². The second kappa shape index (κ2) is 11.8. The van der Waals surface area contributed by atoms with Crippen LogP contribution < -0.4 is 20.3 Å². The summed E-state index contributed by atoms with van der Waals surface area (Å²) < 4.78 is 37.0. The first-order valence-corrected chi connectivity index (χ1v) is 12.7. The Morgan fingerprint density at radius 3 is 2.51 bits per heavy atom. The van der Waals surface area contributed by atoms with Crippen molar-refractivity contribution in [2.24, 2.45) is 0 Å². The summed E-state index contributed by atoms with van der Waals surface area (Å²) in [7, 11) is -2.14. The zero-order valence-corrected chi connectivity index (χ0v) is 21.4. The summed E-state index contributed by atoms with van der Waals surface area (Å²) in [4.78, 5) is 12.1. The zero-order chi connectivity index (χ0) is 25.4. The molecule has 3 aromatic carbocycles. The number of rotatable bonds is 8. The number of hydroxylamine groups is 1. The number of aryl methyl sites for hydroxylation is 1. The molecule has 3 rings (SSSR count). The molecular weight excluding hydrogens is 536 g/mol. The van der Waals surface area contributed by atoms with E-state index in [-0.39, 0.29) is 17.1 Å². The molecule has 0 saturated carbocycles. The average molecular weight is 559 g/mol. The lowest BCUT2D eigenvalue weighted by atomic mass is 10.1. The highest BCUT2D eigenvalue weighted by atomic mass is 79.9. The Kier molecular flexibility index (Phi) is 8.76. The number of carbonyl (C=O) groups excluding carboxylic acids is 1. The molecule has 0 aliphatic heterocycles. The first kappa shape index (κ1) is 26.1. The van der Waals surface area contributed by atoms with Crippen molar-refractivity contribution in [1.29, 1.82) is 0 Å². The minimum Gasteiger partial charge on any atom is -0.497 e. The van der Waals surface area contributed by atoms with Gasteiger partial charge in [-0.3, -0.25) is 10.0 Å². The molecular formula is C25H23BrN2O6S. The smallest absolute Gasteiger partial charge is 0.276 e. The highest BCUT2D eigenvalue weighted by Crippen LogP contribution is 2.27. The number of nitrogens with one attached hydrogen (secondary N) is 2. The van der Waals surface area contributed by atoms with E-state index in [1.54, 1.807) is 37.7 Å². The molecule has 0 radical (unpaired) electrons. The van der Waals surface area contributed by atoms with Gasteiger partial charge in [0.05, 0.1) is 23.3 Å². The van der Waals surface area contributed by atoms with Gasteiger partial charge in [0.15, 0.2) is 9.84 Å². The predicted molar refractivity (Wildman–Crippen MR) is 136 cm³/mol. The van der Waals surface area contributed by atoms with Crippen LogP contribution in [0.2, 0.25) is 0 Å². The van der Waals surface area contributed by atoms with Gasteiger partial charge in [-0.15, -0.1) is 0 Å². The van der Waals surface area contributed by atoms with Gasteiger partial charge in [-0.1, -0.05) is 33.8 Å². The second-order valence-electron chi connectivity index (χ2n) is 7.32. The third-order valence-corrected chi connectivity index (χ3v) is 6.85. The molecule has 0 heterocycles. The summed E-state index contributed by atoms with van der Waals surface area (Å²) in [5.74, 6) is 5.86. The van der Waals surface area contributed by atoms with Crippen molar-refractivity contribution < 1.29 is 27.9 Å². The fourth-order valence-corrected chi connectivity index (χ4v) is 4.79. The van der Waals surface area contributed by atoms with Crippen molar-refractivity contribution >= 4 is 37.4 Å². The number of methoxy groups -OCH3 is 1. The monoisotopic (exact) mass is 558 g/mol. The largest absolute Gasteiger partial charge is 0.497 e. The molecule has 8 nitrogen and oxygen atoms in total. The Hall–Kier alpha value is -3.52. The Morgan fingerprint density at radius 1 is 1.09 bits per heavy atom. The van der Waals surface area contributed by atoms with Crippen molar-refractivity contribution in [2.75, 3.05) is 24.9 Å². The van der Waals surface area contributed by atoms with Crippen molar-refractivity contribution in [3.8, 4) is 23.3 Å². The van der Waals surface area contributed by atoms with E-state index in [9.17, 15) is 13.2 Å². The van der Waals surface area contributed by atoms with E-state index in [4.69, 9.17) is 14.7 Å². The van der Waals surface area contributed by atoms with Crippen LogP contribution in [0.25, 0.3) is 0 Å². The van der Waals surface area contributed by atoms with Crippen molar-refractivity contribution in [1.82, 2.24) is 5.48 Å². The standard InChI is InChI=1S/C25H23BrN2O6S/c1-17-13-19(26)15-23(25(29)28-30)24(17)27-16-35(31,32)22-10-8-20(9-11-22)34-12-4-6-18-5-3-7-21(14-18)33-2/h3,5,7-11,13-15,27,30H,12,16H2,1-2H3,(H,28,29). The molecule has 0 aliphatic carbocycles. The molecule has 3 N–H and O–H groups in total. The van der Waals surface area contributed by atoms with E-state index >= 15 is 0 Å². The van der Waals surface area contributed by atoms with Gasteiger partial charge in [0.1, 0.15) is 24.0 Å². The van der Waals surface area contributed by atoms with Gasteiger partial charge in [-0.25, -0.2) is 13.9 Å². The molecule has 3 aromatic rings. The molecule has 0 spiro atoms. The summed E-state index contributed by atoms with van der Waals surface area (Å²) in [6.45, 7) is 1.85. The van der Waals surface area contributed by atoms with Gasteiger partial charge < -0.3 is 14.8 Å². The highest BCUT2D eigenvalue weighted by molar-refractivity contribution is 9.10. The van der Waals surface area contributed by atoms with Gasteiger partial charge in [0.25, 0.3) is 5.91 Å². The SMILES string of the molecule is COc1cccc(C#CCOc2ccc(S(=O)(=O)CNc3c(C)cc(Br)cc3C(=O)NO)cc2)c1. The van der Waals surface area contributed by atoms with Crippen LogP contribution in [0.1, 0.15) is 21.5 Å². The van der Waals surface area contributed by atoms with Crippen LogP contribution in [0.3, 0.4) is 0 Å². The number of ether oxygens (including phenoxy) is 2. The molecule has 182 valence electrons. The molecule has 0 aliphatic rings. The van der Waals surface area contributed by atoms with Crippen molar-refractivity contribution in [3.05, 3.63) is 81.8 Å². The van der Waals surface area contributed by atoms with Crippen molar-refractivity contribution in [3.63, 3.8) is 0 Å². The molecule has 10 heteroatoms. The topological polar surface area (TPSA) is 114 Å². The third kappa shape index (κ3) is 6.99. The number of anilines is 1. The molecule has 0 unspecified atom stereocenters. The zero-order valence-electron chi connectivity index (χ0n) is 19.0. The van der Waals surface area contributed by atoms with E-state index < -0.39 is 21.6 Å². The molecule has 35 heavy (non-hydrogen) atoms. The third-order valence-electron chi connectivity index (χ3n) is 4.88. The normalized spacial score (nSPS) is 10.6. The van der Waals surface area contributed by atoms with E-state index in [1.165, 1.54) is 18.2 Å². The van der Waals surface area contributed by atoms with Crippen LogP contribution in [0.4, 0.5) is 5.69 Å². The molecule has 0 bridgehead atoms. The van der Waals surface area contributed by atoms with E-state index in [0.29, 0.717) is 27.2 Å². The van der Waals surface area contributed by atoms with Crippen LogP contribution in [0.5, 0.6) is 11.5 Å². The van der Waals surface area contributed by atoms with Gasteiger partial charge in [0, 0.05) is 10.0 Å². The summed E-state index contributed by atoms with van der Waals surface area (Å²) in [5, 5.41) is 11.8. The lowest BCUT2D eigenvalue weighted by Gasteiger charge is -2.15. The lowest BCUT2D eigenvalue weighted by molar-refractivity contribution is 0.0707. The van der Waals surface area contributed by atoms with Crippen LogP contribution in [-0.4, -0.2) is 39.1 Å². The number of sulfone groups is 1. The first-order valence-electron chi connectivity index (χ1n) is 10.3. The summed E-state index contributed by atoms with van der Waals surface area (Å²) in [5.41, 5.74) is 3.40. The van der Waals surface area contributed by atoms with Crippen LogP contribution in [0, 0.1) is 18.8 Å². The fraction of sp³-hybridized carbons (Fsp3) is 0.160. The molecule has 0 fully saturated rings. The van der Waals surface area contributed by atoms with Crippen LogP contribution >= 0.6 is 15.9 Å².